The second-order valence-corrected chi connectivity index (χ2v) is 6.63. The van der Waals surface area contributed by atoms with Crippen molar-refractivity contribution in [1.82, 2.24) is 16.0 Å². The monoisotopic (exact) mass is 480 g/mol. The topological polar surface area (TPSA) is 65.5 Å². The van der Waals surface area contributed by atoms with Crippen LogP contribution in [0.5, 0.6) is 0 Å². The average molecular weight is 480 g/mol. The Morgan fingerprint density at radius 2 is 1.96 bits per heavy atom. The largest absolute Gasteiger partial charge is 0.355 e. The second-order valence-electron chi connectivity index (χ2n) is 5.76. The highest BCUT2D eigenvalue weighted by Gasteiger charge is 2.28. The van der Waals surface area contributed by atoms with Crippen molar-refractivity contribution in [1.29, 1.82) is 0 Å². The summed E-state index contributed by atoms with van der Waals surface area (Å²) < 4.78 is 13.4. The van der Waals surface area contributed by atoms with E-state index in [1.54, 1.807) is 30.9 Å². The Balaban J connectivity index is 0.00000312. The van der Waals surface area contributed by atoms with Crippen LogP contribution >= 0.6 is 35.7 Å². The van der Waals surface area contributed by atoms with Crippen LogP contribution in [-0.2, 0) is 17.1 Å². The molecule has 0 unspecified atom stereocenters. The lowest BCUT2D eigenvalue weighted by molar-refractivity contribution is -0.122. The fraction of sp³-hybridized carbons (Fsp3) is 0.529. The van der Waals surface area contributed by atoms with E-state index in [1.807, 2.05) is 6.26 Å². The van der Waals surface area contributed by atoms with Gasteiger partial charge in [-0.15, -0.1) is 24.0 Å². The third kappa shape index (κ3) is 7.81. The highest BCUT2D eigenvalue weighted by molar-refractivity contribution is 14.0. The van der Waals surface area contributed by atoms with Gasteiger partial charge in [-0.05, 0) is 42.4 Å². The zero-order valence-electron chi connectivity index (χ0n) is 14.6. The van der Waals surface area contributed by atoms with Gasteiger partial charge in [-0.25, -0.2) is 4.39 Å². The standard InChI is InChI=1S/C17H25FN4OS.HI/c1-19-17(21-8-7-20-16(23)12-3-4-12)22-10-13-5-6-15(18)9-14(13)11-24-2;/h5-6,9,12H,3-4,7-8,10-11H2,1-2H3,(H,20,23)(H2,19,21,22);1H. The molecule has 1 aromatic carbocycles. The molecule has 1 aliphatic carbocycles. The Bertz CT molecular complexity index is 596. The SMILES string of the molecule is CN=C(NCCNC(=O)C1CC1)NCc1ccc(F)cc1CSC.I. The molecule has 3 N–H and O–H groups in total. The van der Waals surface area contributed by atoms with Crippen LogP contribution in [0.4, 0.5) is 4.39 Å². The van der Waals surface area contributed by atoms with Gasteiger partial charge in [0, 0.05) is 38.4 Å². The number of thioether (sulfide) groups is 1. The van der Waals surface area contributed by atoms with Crippen LogP contribution in [0.1, 0.15) is 24.0 Å². The van der Waals surface area contributed by atoms with Gasteiger partial charge < -0.3 is 16.0 Å². The van der Waals surface area contributed by atoms with Crippen LogP contribution < -0.4 is 16.0 Å². The normalized spacial score (nSPS) is 13.8. The summed E-state index contributed by atoms with van der Waals surface area (Å²) in [4.78, 5) is 15.7. The predicted octanol–water partition coefficient (Wildman–Crippen LogP) is 2.50. The lowest BCUT2D eigenvalue weighted by Crippen LogP contribution is -2.41. The maximum absolute atomic E-state index is 13.4. The van der Waals surface area contributed by atoms with E-state index in [1.165, 1.54) is 6.07 Å². The van der Waals surface area contributed by atoms with Crippen molar-refractivity contribution in [3.63, 3.8) is 0 Å². The molecule has 0 saturated heterocycles. The van der Waals surface area contributed by atoms with E-state index < -0.39 is 0 Å². The molecule has 0 aromatic heterocycles. The minimum atomic E-state index is -0.211. The van der Waals surface area contributed by atoms with Crippen molar-refractivity contribution in [3.8, 4) is 0 Å². The van der Waals surface area contributed by atoms with Crippen molar-refractivity contribution in [2.24, 2.45) is 10.9 Å². The number of nitrogens with zero attached hydrogens (tertiary/aromatic N) is 1. The number of halogens is 2. The van der Waals surface area contributed by atoms with E-state index in [-0.39, 0.29) is 41.6 Å². The van der Waals surface area contributed by atoms with Crippen molar-refractivity contribution in [2.45, 2.75) is 25.1 Å². The molecular weight excluding hydrogens is 454 g/mol. The molecule has 0 radical (unpaired) electrons. The Morgan fingerprint density at radius 1 is 1.24 bits per heavy atom. The summed E-state index contributed by atoms with van der Waals surface area (Å²) in [5.41, 5.74) is 2.04. The summed E-state index contributed by atoms with van der Waals surface area (Å²) in [6.07, 6.45) is 4.02. The fourth-order valence-electron chi connectivity index (χ4n) is 2.31. The maximum Gasteiger partial charge on any atom is 0.223 e. The summed E-state index contributed by atoms with van der Waals surface area (Å²) >= 11 is 1.66. The van der Waals surface area contributed by atoms with Crippen LogP contribution in [0.3, 0.4) is 0 Å². The van der Waals surface area contributed by atoms with E-state index in [0.717, 1.165) is 29.7 Å². The molecule has 2 rings (SSSR count). The first kappa shape index (κ1) is 22.0. The number of carbonyl (C=O) groups is 1. The first-order chi connectivity index (χ1) is 11.6. The molecule has 140 valence electrons. The van der Waals surface area contributed by atoms with Crippen molar-refractivity contribution >= 4 is 47.6 Å². The summed E-state index contributed by atoms with van der Waals surface area (Å²) in [7, 11) is 1.70. The van der Waals surface area contributed by atoms with Gasteiger partial charge in [0.15, 0.2) is 5.96 Å². The third-order valence-corrected chi connectivity index (χ3v) is 4.40. The third-order valence-electron chi connectivity index (χ3n) is 3.80. The first-order valence-electron chi connectivity index (χ1n) is 8.12. The van der Waals surface area contributed by atoms with Crippen molar-refractivity contribution < 1.29 is 9.18 Å². The number of aliphatic imine (C=N–C) groups is 1. The number of carbonyl (C=O) groups excluding carboxylic acids is 1. The fourth-order valence-corrected chi connectivity index (χ4v) is 2.89. The number of nitrogens with one attached hydrogen (secondary N) is 3. The van der Waals surface area contributed by atoms with E-state index in [2.05, 4.69) is 20.9 Å². The zero-order valence-corrected chi connectivity index (χ0v) is 17.7. The Morgan fingerprint density at radius 3 is 2.60 bits per heavy atom. The number of benzene rings is 1. The molecule has 0 spiro atoms. The molecule has 0 aliphatic heterocycles. The minimum absolute atomic E-state index is 0. The highest BCUT2D eigenvalue weighted by Crippen LogP contribution is 2.28. The number of hydrogen-bond acceptors (Lipinski definition) is 3. The van der Waals surface area contributed by atoms with Crippen LogP contribution in [0.25, 0.3) is 0 Å². The van der Waals surface area contributed by atoms with Crippen LogP contribution in [-0.4, -0.2) is 38.3 Å². The number of rotatable bonds is 8. The molecule has 1 fully saturated rings. The smallest absolute Gasteiger partial charge is 0.223 e. The van der Waals surface area contributed by atoms with E-state index in [9.17, 15) is 9.18 Å². The Hall–Kier alpha value is -1.03. The van der Waals surface area contributed by atoms with Crippen LogP contribution in [0.2, 0.25) is 0 Å². The van der Waals surface area contributed by atoms with Gasteiger partial charge in [0.25, 0.3) is 0 Å². The average Bonchev–Trinajstić information content (AvgIpc) is 3.41. The highest BCUT2D eigenvalue weighted by atomic mass is 127. The molecule has 1 amide bonds. The lowest BCUT2D eigenvalue weighted by Gasteiger charge is -2.14. The molecule has 1 aliphatic rings. The van der Waals surface area contributed by atoms with Gasteiger partial charge in [-0.3, -0.25) is 9.79 Å². The summed E-state index contributed by atoms with van der Waals surface area (Å²) in [5, 5.41) is 9.29. The van der Waals surface area contributed by atoms with Crippen molar-refractivity contribution in [2.75, 3.05) is 26.4 Å². The summed E-state index contributed by atoms with van der Waals surface area (Å²) in [6, 6.07) is 4.86. The van der Waals surface area contributed by atoms with E-state index >= 15 is 0 Å². The van der Waals surface area contributed by atoms with Crippen LogP contribution in [0.15, 0.2) is 23.2 Å². The first-order valence-corrected chi connectivity index (χ1v) is 9.52. The van der Waals surface area contributed by atoms with Gasteiger partial charge >= 0.3 is 0 Å². The molecule has 8 heteroatoms. The molecule has 1 aromatic rings. The molecular formula is C17H26FIN4OS. The molecule has 0 heterocycles. The minimum Gasteiger partial charge on any atom is -0.355 e. The number of hydrogen-bond donors (Lipinski definition) is 3. The van der Waals surface area contributed by atoms with Gasteiger partial charge in [0.05, 0.1) is 0 Å². The van der Waals surface area contributed by atoms with Gasteiger partial charge in [0.1, 0.15) is 5.82 Å². The Labute approximate surface area is 170 Å². The van der Waals surface area contributed by atoms with E-state index in [4.69, 9.17) is 0 Å². The second kappa shape index (κ2) is 11.6. The molecule has 1 saturated carbocycles. The zero-order chi connectivity index (χ0) is 17.4. The van der Waals surface area contributed by atoms with E-state index in [0.29, 0.717) is 25.6 Å². The quantitative estimate of drug-likeness (QED) is 0.232. The van der Waals surface area contributed by atoms with Gasteiger partial charge in [0.2, 0.25) is 5.91 Å². The molecule has 25 heavy (non-hydrogen) atoms. The number of amides is 1. The van der Waals surface area contributed by atoms with Gasteiger partial charge in [-0.1, -0.05) is 6.07 Å². The Kier molecular flexibility index (Phi) is 10.2. The predicted molar refractivity (Wildman–Crippen MR) is 113 cm³/mol. The summed E-state index contributed by atoms with van der Waals surface area (Å²) in [6.45, 7) is 1.76. The van der Waals surface area contributed by atoms with Crippen molar-refractivity contribution in [3.05, 3.63) is 35.1 Å². The molecule has 0 bridgehead atoms. The molecule has 5 nitrogen and oxygen atoms in total. The lowest BCUT2D eigenvalue weighted by atomic mass is 10.1. The van der Waals surface area contributed by atoms with Gasteiger partial charge in [-0.2, -0.15) is 11.8 Å². The number of guanidine groups is 1. The molecule has 0 atom stereocenters. The maximum atomic E-state index is 13.4. The van der Waals surface area contributed by atoms with Crippen LogP contribution in [0, 0.1) is 11.7 Å². The summed E-state index contributed by atoms with van der Waals surface area (Å²) in [5.74, 6) is 1.60.